The Labute approximate surface area is 229 Å². The largest absolute Gasteiger partial charge is 0.496 e. The summed E-state index contributed by atoms with van der Waals surface area (Å²) in [4.78, 5) is 21.6. The molecule has 0 saturated heterocycles. The minimum absolute atomic E-state index is 0.239. The summed E-state index contributed by atoms with van der Waals surface area (Å²) in [6, 6.07) is 16.4. The molecule has 0 unspecified atom stereocenters. The number of imidazole rings is 1. The predicted octanol–water partition coefficient (Wildman–Crippen LogP) is 5.64. The Kier molecular flexibility index (Phi) is 6.23. The maximum Gasteiger partial charge on any atom is 0.402 e. The van der Waals surface area contributed by atoms with Gasteiger partial charge in [0.2, 0.25) is 0 Å². The Hall–Kier alpha value is -2.77. The number of pyridine rings is 1. The summed E-state index contributed by atoms with van der Waals surface area (Å²) in [5.74, 6) is 1.75. The quantitative estimate of drug-likeness (QED) is 0.171. The molecular formula is C30H34N3O2S2+. The lowest BCUT2D eigenvalue weighted by atomic mass is 9.80. The molecule has 1 N–H and O–H groups in total. The first-order valence-electron chi connectivity index (χ1n) is 12.5. The van der Waals surface area contributed by atoms with Gasteiger partial charge in [0.1, 0.15) is 11.3 Å². The van der Waals surface area contributed by atoms with E-state index in [-0.39, 0.29) is 5.78 Å². The monoisotopic (exact) mass is 532 g/mol. The molecule has 0 radical (unpaired) electrons. The van der Waals surface area contributed by atoms with E-state index >= 15 is 0 Å². The van der Waals surface area contributed by atoms with Crippen LogP contribution in [0.3, 0.4) is 0 Å². The van der Waals surface area contributed by atoms with E-state index in [1.807, 2.05) is 58.2 Å². The molecule has 1 aliphatic rings. The Morgan fingerprint density at radius 2 is 1.65 bits per heavy atom. The molecule has 0 atom stereocenters. The Morgan fingerprint density at radius 3 is 2.30 bits per heavy atom. The zero-order valence-corrected chi connectivity index (χ0v) is 24.0. The number of fused-ring (bicyclic) bond motifs is 2. The maximum absolute atomic E-state index is 13.1. The molecule has 0 bridgehead atoms. The number of hydrogen-bond acceptors (Lipinski definition) is 5. The molecule has 0 saturated carbocycles. The number of aromatic nitrogens is 3. The zero-order valence-electron chi connectivity index (χ0n) is 22.2. The molecule has 0 fully saturated rings. The number of hydrogen-bond donors (Lipinski definition) is 3. The van der Waals surface area contributed by atoms with Crippen LogP contribution in [0.25, 0.3) is 17.0 Å². The van der Waals surface area contributed by atoms with Crippen LogP contribution in [0, 0.1) is 6.92 Å². The van der Waals surface area contributed by atoms with E-state index in [0.29, 0.717) is 18.8 Å². The number of ketones is 1. The summed E-state index contributed by atoms with van der Waals surface area (Å²) in [5, 5.41) is 0. The summed E-state index contributed by atoms with van der Waals surface area (Å²) >= 11 is 9.94. The standard InChI is InChI=1S/C30H33N3O2S2/c1-18-24(17-30(36,37)16-19-10-8-7-9-11-19)33(13-12-25(18)35-6)27-31-22-14-20-21(15-23(22)32-27)29(4,5)26(34)28(20,2)3/h7-15H,16-17H2,1-6H3,(H2-,31,32,36,37)/p+1. The van der Waals surface area contributed by atoms with Gasteiger partial charge in [-0.25, -0.2) is 9.55 Å². The van der Waals surface area contributed by atoms with Crippen LogP contribution < -0.4 is 9.30 Å². The van der Waals surface area contributed by atoms with Gasteiger partial charge in [0, 0.05) is 28.9 Å². The zero-order chi connectivity index (χ0) is 26.8. The number of thiol groups is 2. The topological polar surface area (TPSA) is 58.9 Å². The number of H-pyrrole nitrogens is 1. The van der Waals surface area contributed by atoms with Gasteiger partial charge in [0.25, 0.3) is 0 Å². The lowest BCUT2D eigenvalue weighted by Crippen LogP contribution is -2.40. The fourth-order valence-corrected chi connectivity index (χ4v) is 6.45. The van der Waals surface area contributed by atoms with Gasteiger partial charge in [0.15, 0.2) is 11.3 Å². The van der Waals surface area contributed by atoms with E-state index in [1.54, 1.807) is 7.11 Å². The van der Waals surface area contributed by atoms with Gasteiger partial charge in [-0.2, -0.15) is 25.3 Å². The Balaban J connectivity index is 1.61. The predicted molar refractivity (Wildman–Crippen MR) is 155 cm³/mol. The van der Waals surface area contributed by atoms with Crippen LogP contribution in [0.1, 0.15) is 55.6 Å². The van der Waals surface area contributed by atoms with E-state index < -0.39 is 14.9 Å². The molecule has 5 rings (SSSR count). The fraction of sp³-hybridized carbons (Fsp3) is 0.367. The number of nitrogens with one attached hydrogen (secondary N) is 1. The summed E-state index contributed by atoms with van der Waals surface area (Å²) in [6.45, 7) is 10.1. The number of nitrogens with zero attached hydrogens (tertiary/aromatic N) is 2. The van der Waals surface area contributed by atoms with Crippen LogP contribution in [-0.2, 0) is 28.5 Å². The van der Waals surface area contributed by atoms with E-state index in [2.05, 4.69) is 40.7 Å². The lowest BCUT2D eigenvalue weighted by Gasteiger charge is -2.24. The van der Waals surface area contributed by atoms with Gasteiger partial charge in [0.05, 0.1) is 23.1 Å². The summed E-state index contributed by atoms with van der Waals surface area (Å²) < 4.78 is 7.12. The van der Waals surface area contributed by atoms with Crippen LogP contribution in [0.15, 0.2) is 54.7 Å². The summed E-state index contributed by atoms with van der Waals surface area (Å²) in [6.07, 6.45) is 3.26. The maximum atomic E-state index is 13.1. The number of methoxy groups -OCH3 is 1. The minimum atomic E-state index is -0.595. The third kappa shape index (κ3) is 4.36. The van der Waals surface area contributed by atoms with Crippen LogP contribution in [0.5, 0.6) is 5.75 Å². The third-order valence-corrected chi connectivity index (χ3v) is 8.42. The van der Waals surface area contributed by atoms with Crippen LogP contribution in [0.4, 0.5) is 0 Å². The van der Waals surface area contributed by atoms with Crippen molar-refractivity contribution in [2.75, 3.05) is 7.11 Å². The van der Waals surface area contributed by atoms with Gasteiger partial charge in [-0.05, 0) is 69.9 Å². The molecule has 4 aromatic rings. The molecule has 0 amide bonds. The number of carbonyl (C=O) groups is 1. The van der Waals surface area contributed by atoms with Crippen molar-refractivity contribution in [1.29, 1.82) is 0 Å². The van der Waals surface area contributed by atoms with Crippen LogP contribution in [-0.4, -0.2) is 26.9 Å². The number of carbonyl (C=O) groups excluding carboxylic acids is 1. The highest BCUT2D eigenvalue weighted by molar-refractivity contribution is 8.00. The van der Waals surface area contributed by atoms with E-state index in [4.69, 9.17) is 35.0 Å². The number of Topliss-reactive ketones (excluding diaryl/α,β-unsaturated/α-hetero) is 1. The van der Waals surface area contributed by atoms with Crippen molar-refractivity contribution in [3.8, 4) is 11.7 Å². The first-order valence-corrected chi connectivity index (χ1v) is 13.4. The molecule has 5 nitrogen and oxygen atoms in total. The van der Waals surface area contributed by atoms with Crippen molar-refractivity contribution >= 4 is 42.1 Å². The van der Waals surface area contributed by atoms with E-state index in [1.165, 1.54) is 5.56 Å². The summed E-state index contributed by atoms with van der Waals surface area (Å²) in [5.41, 5.74) is 5.99. The lowest BCUT2D eigenvalue weighted by molar-refractivity contribution is -0.612. The highest BCUT2D eigenvalue weighted by Crippen LogP contribution is 2.47. The number of benzene rings is 2. The van der Waals surface area contributed by atoms with Crippen LogP contribution >= 0.6 is 25.3 Å². The molecule has 2 aromatic heterocycles. The van der Waals surface area contributed by atoms with E-state index in [9.17, 15) is 4.79 Å². The fourth-order valence-electron chi connectivity index (χ4n) is 5.79. The van der Waals surface area contributed by atoms with Crippen LogP contribution in [0.2, 0.25) is 0 Å². The van der Waals surface area contributed by atoms with Crippen molar-refractivity contribution in [3.05, 3.63) is 82.7 Å². The SMILES string of the molecule is COc1cc[n+](-c2nc3cc4c(cc3[nH]2)C(C)(C)C(=O)C4(C)C)c(CC(S)(S)Cc2ccccc2)c1C. The molecule has 192 valence electrons. The van der Waals surface area contributed by atoms with E-state index in [0.717, 1.165) is 39.2 Å². The molecule has 37 heavy (non-hydrogen) atoms. The molecular weight excluding hydrogens is 498 g/mol. The van der Waals surface area contributed by atoms with Gasteiger partial charge in [-0.3, -0.25) is 4.79 Å². The average Bonchev–Trinajstić information content (AvgIpc) is 3.31. The molecule has 2 aromatic carbocycles. The third-order valence-electron chi connectivity index (χ3n) is 7.79. The number of ether oxygens (including phenoxy) is 1. The van der Waals surface area contributed by atoms with Gasteiger partial charge in [-0.15, -0.1) is 0 Å². The van der Waals surface area contributed by atoms with Gasteiger partial charge >= 0.3 is 5.95 Å². The molecule has 1 aliphatic carbocycles. The smallest absolute Gasteiger partial charge is 0.402 e. The van der Waals surface area contributed by atoms with Crippen molar-refractivity contribution in [1.82, 2.24) is 9.97 Å². The van der Waals surface area contributed by atoms with Crippen molar-refractivity contribution in [3.63, 3.8) is 0 Å². The second-order valence-corrected chi connectivity index (χ2v) is 13.3. The van der Waals surface area contributed by atoms with Gasteiger partial charge in [-0.1, -0.05) is 35.3 Å². The van der Waals surface area contributed by atoms with Crippen molar-refractivity contribution < 1.29 is 14.1 Å². The second-order valence-electron chi connectivity index (χ2n) is 11.2. The minimum Gasteiger partial charge on any atom is -0.496 e. The summed E-state index contributed by atoms with van der Waals surface area (Å²) in [7, 11) is 1.68. The number of aromatic amines is 1. The Bertz CT molecular complexity index is 1470. The highest BCUT2D eigenvalue weighted by Gasteiger charge is 2.51. The number of rotatable bonds is 6. The molecule has 0 aliphatic heterocycles. The first kappa shape index (κ1) is 25.9. The van der Waals surface area contributed by atoms with Gasteiger partial charge < -0.3 is 4.74 Å². The highest BCUT2D eigenvalue weighted by atomic mass is 32.2. The first-order chi connectivity index (χ1) is 17.3. The molecule has 0 spiro atoms. The normalized spacial score (nSPS) is 16.3. The average molecular weight is 533 g/mol. The van der Waals surface area contributed by atoms with Crippen molar-refractivity contribution in [2.45, 2.75) is 62.4 Å². The Morgan fingerprint density at radius 1 is 1.00 bits per heavy atom. The second kappa shape index (κ2) is 8.91. The molecule has 7 heteroatoms. The van der Waals surface area contributed by atoms with Crippen molar-refractivity contribution in [2.24, 2.45) is 0 Å². The molecule has 2 heterocycles.